The van der Waals surface area contributed by atoms with E-state index >= 15 is 0 Å². The Kier molecular flexibility index (Phi) is 7.23. The van der Waals surface area contributed by atoms with Crippen molar-refractivity contribution in [3.63, 3.8) is 0 Å². The smallest absolute Gasteiger partial charge is 0.460 e. The lowest BCUT2D eigenvalue weighted by Crippen LogP contribution is -2.70. The Hall–Kier alpha value is -0.640. The Balaban J connectivity index is 5.85. The van der Waals surface area contributed by atoms with Crippen molar-refractivity contribution >= 4 is 11.4 Å². The summed E-state index contributed by atoms with van der Waals surface area (Å²) >= 11 is -2.50. The van der Waals surface area contributed by atoms with Crippen molar-refractivity contribution in [1.29, 1.82) is 0 Å². The van der Waals surface area contributed by atoms with Gasteiger partial charge in [0.25, 0.3) is 0 Å². The Bertz CT molecular complexity index is 478. The standard InChI is InChI=1S/C10H10F13NOS/c1-2-24-26(25)4-3-5(11,12)6(13,14)7(15,16)8(17,18)9(19,20)10(21,22)23/h24H,2-4H2,1H3. The molecule has 0 saturated heterocycles. The summed E-state index contributed by atoms with van der Waals surface area (Å²) in [6.07, 6.45) is -9.90. The molecule has 1 atom stereocenters. The van der Waals surface area contributed by atoms with Gasteiger partial charge in [0.1, 0.15) is 5.75 Å². The zero-order chi connectivity index (χ0) is 21.4. The fourth-order valence-corrected chi connectivity index (χ4v) is 2.32. The molecule has 0 rings (SSSR count). The molecule has 0 aliphatic heterocycles. The van der Waals surface area contributed by atoms with Crippen LogP contribution in [0.2, 0.25) is 0 Å². The number of nitrogens with one attached hydrogen (secondary N) is 1. The molecule has 1 N–H and O–H groups in total. The summed E-state index contributed by atoms with van der Waals surface area (Å²) in [7, 11) is 0. The van der Waals surface area contributed by atoms with Crippen LogP contribution >= 0.6 is 0 Å². The van der Waals surface area contributed by atoms with Gasteiger partial charge in [-0.05, 0) is 6.92 Å². The van der Waals surface area contributed by atoms with Gasteiger partial charge in [-0.3, -0.25) is 0 Å². The zero-order valence-electron chi connectivity index (χ0n) is 12.4. The first kappa shape index (κ1) is 25.4. The quantitative estimate of drug-likeness (QED) is 0.428. The fourth-order valence-electron chi connectivity index (χ4n) is 1.41. The van der Waals surface area contributed by atoms with Crippen LogP contribution in [0.3, 0.4) is 0 Å². The monoisotopic (exact) mass is 439 g/mol. The van der Waals surface area contributed by atoms with Crippen LogP contribution < -0.4 is 4.72 Å². The molecule has 0 heterocycles. The molecule has 0 spiro atoms. The summed E-state index contributed by atoms with van der Waals surface area (Å²) in [6, 6.07) is 0. The van der Waals surface area contributed by atoms with Crippen LogP contribution in [-0.2, 0) is 11.4 Å². The topological polar surface area (TPSA) is 35.1 Å². The maximum atomic E-state index is 13.3. The summed E-state index contributed by atoms with van der Waals surface area (Å²) in [5, 5.41) is 0. The highest BCUT2D eigenvalue weighted by atomic mass is 32.2. The van der Waals surface area contributed by atoms with Gasteiger partial charge in [0, 0.05) is 17.9 Å². The Morgan fingerprint density at radius 3 is 1.42 bits per heavy atom. The van der Waals surface area contributed by atoms with Crippen LogP contribution in [0.1, 0.15) is 13.3 Å². The van der Waals surface area contributed by atoms with Gasteiger partial charge in [-0.2, -0.15) is 57.1 Å². The average Bonchev–Trinajstić information content (AvgIpc) is 2.43. The van der Waals surface area contributed by atoms with E-state index in [0.29, 0.717) is 0 Å². The van der Waals surface area contributed by atoms with Crippen LogP contribution in [-0.4, -0.2) is 52.6 Å². The van der Waals surface area contributed by atoms with Gasteiger partial charge in [-0.25, -0.2) is 0 Å². The number of hydrogen-bond donors (Lipinski definition) is 1. The summed E-state index contributed by atoms with van der Waals surface area (Å²) in [6.45, 7) is 1.10. The molecule has 0 aromatic rings. The summed E-state index contributed by atoms with van der Waals surface area (Å²) < 4.78 is 179. The molecule has 0 fully saturated rings. The first-order valence-electron chi connectivity index (χ1n) is 6.28. The van der Waals surface area contributed by atoms with Crippen LogP contribution in [0.5, 0.6) is 0 Å². The van der Waals surface area contributed by atoms with E-state index in [1.807, 2.05) is 4.72 Å². The van der Waals surface area contributed by atoms with Gasteiger partial charge in [0.2, 0.25) is 0 Å². The van der Waals surface area contributed by atoms with E-state index in [-0.39, 0.29) is 6.54 Å². The largest absolute Gasteiger partial charge is 0.598 e. The van der Waals surface area contributed by atoms with Gasteiger partial charge in [0.05, 0.1) is 6.42 Å². The maximum absolute atomic E-state index is 13.3. The summed E-state index contributed by atoms with van der Waals surface area (Å²) in [4.78, 5) is 0. The molecular formula is C10H10F13NOS. The first-order chi connectivity index (χ1) is 11.2. The SMILES string of the molecule is CCN[S+]([O-])CCC(F)(F)C(F)(F)C(F)(F)C(F)(F)C(F)(F)C(F)(F)F. The molecule has 158 valence electrons. The molecule has 0 aliphatic carbocycles. The van der Waals surface area contributed by atoms with Crippen LogP contribution in [0.4, 0.5) is 57.1 Å². The molecule has 0 bridgehead atoms. The van der Waals surface area contributed by atoms with Gasteiger partial charge < -0.3 is 4.55 Å². The molecule has 1 unspecified atom stereocenters. The Labute approximate surface area is 140 Å². The van der Waals surface area contributed by atoms with Crippen molar-refractivity contribution in [2.24, 2.45) is 0 Å². The molecule has 0 saturated carbocycles. The molecule has 2 nitrogen and oxygen atoms in total. The van der Waals surface area contributed by atoms with Gasteiger partial charge >= 0.3 is 35.8 Å². The zero-order valence-corrected chi connectivity index (χ0v) is 13.2. The molecule has 0 aromatic heterocycles. The third kappa shape index (κ3) is 4.10. The second kappa shape index (κ2) is 7.41. The second-order valence-corrected chi connectivity index (χ2v) is 6.19. The normalized spacial score (nSPS) is 16.7. The number of hydrogen-bond acceptors (Lipinski definition) is 2. The predicted molar refractivity (Wildman–Crippen MR) is 62.1 cm³/mol. The van der Waals surface area contributed by atoms with E-state index in [4.69, 9.17) is 0 Å². The average molecular weight is 439 g/mol. The lowest BCUT2D eigenvalue weighted by Gasteiger charge is -2.39. The van der Waals surface area contributed by atoms with Gasteiger partial charge in [-0.15, -0.1) is 4.72 Å². The maximum Gasteiger partial charge on any atom is 0.460 e. The number of halogens is 13. The predicted octanol–water partition coefficient (Wildman–Crippen LogP) is 4.39. The van der Waals surface area contributed by atoms with E-state index in [0.717, 1.165) is 0 Å². The molecule has 0 radical (unpaired) electrons. The highest BCUT2D eigenvalue weighted by Crippen LogP contribution is 2.60. The molecule has 0 amide bonds. The summed E-state index contributed by atoms with van der Waals surface area (Å²) in [5.74, 6) is -38.5. The lowest BCUT2D eigenvalue weighted by molar-refractivity contribution is -0.439. The first-order valence-corrected chi connectivity index (χ1v) is 7.60. The van der Waals surface area contributed by atoms with E-state index < -0.39 is 59.3 Å². The van der Waals surface area contributed by atoms with Crippen LogP contribution in [0.25, 0.3) is 0 Å². The van der Waals surface area contributed by atoms with E-state index in [1.165, 1.54) is 6.92 Å². The van der Waals surface area contributed by atoms with Crippen molar-refractivity contribution in [3.8, 4) is 0 Å². The molecule has 0 aliphatic rings. The number of rotatable bonds is 9. The van der Waals surface area contributed by atoms with Crippen molar-refractivity contribution in [2.45, 2.75) is 49.1 Å². The van der Waals surface area contributed by atoms with Gasteiger partial charge in [0.15, 0.2) is 0 Å². The molecule has 16 heteroatoms. The summed E-state index contributed by atoms with van der Waals surface area (Å²) in [5.41, 5.74) is 0. The van der Waals surface area contributed by atoms with Crippen LogP contribution in [0, 0.1) is 0 Å². The minimum Gasteiger partial charge on any atom is -0.598 e. The highest BCUT2D eigenvalue weighted by Gasteiger charge is 2.90. The highest BCUT2D eigenvalue weighted by molar-refractivity contribution is 7.89. The Morgan fingerprint density at radius 1 is 0.692 bits per heavy atom. The van der Waals surface area contributed by atoms with Crippen molar-refractivity contribution < 1.29 is 61.6 Å². The van der Waals surface area contributed by atoms with Crippen LogP contribution in [0.15, 0.2) is 0 Å². The van der Waals surface area contributed by atoms with Crippen molar-refractivity contribution in [1.82, 2.24) is 4.72 Å². The Morgan fingerprint density at radius 2 is 1.08 bits per heavy atom. The minimum atomic E-state index is -7.91. The lowest BCUT2D eigenvalue weighted by atomic mass is 9.93. The molecule has 0 aromatic carbocycles. The van der Waals surface area contributed by atoms with Crippen molar-refractivity contribution in [3.05, 3.63) is 0 Å². The van der Waals surface area contributed by atoms with E-state index in [1.54, 1.807) is 0 Å². The third-order valence-corrected chi connectivity index (χ3v) is 4.09. The van der Waals surface area contributed by atoms with E-state index in [9.17, 15) is 61.6 Å². The minimum absolute atomic E-state index is 0.166. The number of alkyl halides is 13. The second-order valence-electron chi connectivity index (χ2n) is 4.80. The fraction of sp³-hybridized carbons (Fsp3) is 1.00. The van der Waals surface area contributed by atoms with E-state index in [2.05, 4.69) is 0 Å². The molecule has 26 heavy (non-hydrogen) atoms. The van der Waals surface area contributed by atoms with Crippen molar-refractivity contribution in [2.75, 3.05) is 12.3 Å². The molecular weight excluding hydrogens is 429 g/mol. The third-order valence-electron chi connectivity index (χ3n) is 2.91. The van der Waals surface area contributed by atoms with Gasteiger partial charge in [-0.1, -0.05) is 0 Å².